The van der Waals surface area contributed by atoms with Crippen molar-refractivity contribution in [1.29, 1.82) is 0 Å². The molecule has 122 valence electrons. The summed E-state index contributed by atoms with van der Waals surface area (Å²) in [4.78, 5) is 2.19. The van der Waals surface area contributed by atoms with Crippen molar-refractivity contribution in [3.05, 3.63) is 65.7 Å². The van der Waals surface area contributed by atoms with E-state index in [1.807, 2.05) is 24.3 Å². The van der Waals surface area contributed by atoms with Crippen LogP contribution in [0.25, 0.3) is 11.6 Å². The van der Waals surface area contributed by atoms with Crippen LogP contribution in [0.4, 0.5) is 0 Å². The molecule has 2 aliphatic heterocycles. The van der Waals surface area contributed by atoms with Crippen molar-refractivity contribution in [2.24, 2.45) is 0 Å². The zero-order valence-corrected chi connectivity index (χ0v) is 13.4. The van der Waals surface area contributed by atoms with E-state index in [0.29, 0.717) is 13.3 Å². The van der Waals surface area contributed by atoms with Gasteiger partial charge in [-0.05, 0) is 35.4 Å². The van der Waals surface area contributed by atoms with Crippen LogP contribution in [0.5, 0.6) is 17.2 Å². The molecule has 0 unspecified atom stereocenters. The first-order valence-electron chi connectivity index (χ1n) is 7.98. The molecule has 0 radical (unpaired) electrons. The summed E-state index contributed by atoms with van der Waals surface area (Å²) in [5.41, 5.74) is 4.38. The Morgan fingerprint density at radius 1 is 1.12 bits per heavy atom. The number of fused-ring (bicyclic) bond motifs is 2. The topological polar surface area (TPSA) is 41.9 Å². The van der Waals surface area contributed by atoms with Gasteiger partial charge in [-0.1, -0.05) is 18.2 Å². The smallest absolute Gasteiger partial charge is 0.142 e. The average Bonchev–Trinajstić information content (AvgIpc) is 2.60. The third kappa shape index (κ3) is 2.76. The molecule has 0 bridgehead atoms. The maximum Gasteiger partial charge on any atom is 0.142 e. The minimum Gasteiger partial charge on any atom is -0.508 e. The zero-order valence-electron chi connectivity index (χ0n) is 13.4. The van der Waals surface area contributed by atoms with Crippen LogP contribution in [-0.4, -0.2) is 29.9 Å². The molecule has 2 aromatic carbocycles. The maximum atomic E-state index is 9.44. The van der Waals surface area contributed by atoms with Crippen LogP contribution in [0.3, 0.4) is 0 Å². The molecular formula is C20H19NO3. The van der Waals surface area contributed by atoms with Gasteiger partial charge in [-0.25, -0.2) is 0 Å². The number of hydrogen-bond acceptors (Lipinski definition) is 4. The maximum absolute atomic E-state index is 9.44. The monoisotopic (exact) mass is 321 g/mol. The van der Waals surface area contributed by atoms with Crippen LogP contribution in [0.1, 0.15) is 16.7 Å². The minimum absolute atomic E-state index is 0.269. The van der Waals surface area contributed by atoms with E-state index >= 15 is 0 Å². The molecule has 24 heavy (non-hydrogen) atoms. The van der Waals surface area contributed by atoms with Gasteiger partial charge in [-0.3, -0.25) is 4.90 Å². The first kappa shape index (κ1) is 14.8. The summed E-state index contributed by atoms with van der Waals surface area (Å²) in [5.74, 6) is 2.02. The van der Waals surface area contributed by atoms with Gasteiger partial charge < -0.3 is 14.6 Å². The average molecular weight is 321 g/mol. The number of rotatable bonds is 3. The van der Waals surface area contributed by atoms with Crippen LogP contribution < -0.4 is 9.47 Å². The van der Waals surface area contributed by atoms with E-state index < -0.39 is 0 Å². The summed E-state index contributed by atoms with van der Waals surface area (Å²) in [6.45, 7) is 6.53. The van der Waals surface area contributed by atoms with E-state index in [0.717, 1.165) is 46.9 Å². The number of hydrogen-bond donors (Lipinski definition) is 1. The number of ether oxygens (including phenoxy) is 2. The molecule has 2 aromatic rings. The third-order valence-corrected chi connectivity index (χ3v) is 4.33. The van der Waals surface area contributed by atoms with E-state index in [4.69, 9.17) is 9.47 Å². The zero-order chi connectivity index (χ0) is 16.5. The molecule has 4 nitrogen and oxygen atoms in total. The molecule has 0 saturated carbocycles. The number of aromatic hydroxyl groups is 1. The highest BCUT2D eigenvalue weighted by Crippen LogP contribution is 2.37. The fourth-order valence-electron chi connectivity index (χ4n) is 3.10. The normalized spacial score (nSPS) is 16.2. The molecule has 1 N–H and O–H groups in total. The van der Waals surface area contributed by atoms with E-state index in [9.17, 15) is 5.11 Å². The van der Waals surface area contributed by atoms with Gasteiger partial charge in [0.2, 0.25) is 0 Å². The second-order valence-corrected chi connectivity index (χ2v) is 6.08. The van der Waals surface area contributed by atoms with E-state index in [-0.39, 0.29) is 5.75 Å². The van der Waals surface area contributed by atoms with Crippen molar-refractivity contribution < 1.29 is 14.6 Å². The van der Waals surface area contributed by atoms with Gasteiger partial charge in [0.05, 0.1) is 0 Å². The Labute approximate surface area is 141 Å². The molecule has 4 rings (SSSR count). The predicted octanol–water partition coefficient (Wildman–Crippen LogP) is 3.66. The number of benzene rings is 2. The molecule has 0 fully saturated rings. The number of phenolic OH excluding ortho intramolecular Hbond substituents is 1. The Hall–Kier alpha value is -2.72. The quantitative estimate of drug-likeness (QED) is 0.876. The van der Waals surface area contributed by atoms with Crippen molar-refractivity contribution in [1.82, 2.24) is 4.90 Å². The molecule has 0 aromatic heterocycles. The summed E-state index contributed by atoms with van der Waals surface area (Å²) >= 11 is 0. The lowest BCUT2D eigenvalue weighted by Crippen LogP contribution is -2.32. The van der Waals surface area contributed by atoms with Crippen LogP contribution in [-0.2, 0) is 6.54 Å². The lowest BCUT2D eigenvalue weighted by molar-refractivity contribution is 0.107. The molecular weight excluding hydrogens is 302 g/mol. The SMILES string of the molecule is C=CCN1COc2cc3c(cc2C1)C=C(c1ccc(O)cc1)CO3. The van der Waals surface area contributed by atoms with Crippen molar-refractivity contribution in [2.75, 3.05) is 19.9 Å². The van der Waals surface area contributed by atoms with Gasteiger partial charge in [-0.2, -0.15) is 0 Å². The minimum atomic E-state index is 0.269. The first-order chi connectivity index (χ1) is 11.7. The standard InChI is InChI=1S/C20H19NO3/c1-2-7-21-11-16-8-15-9-17(14-3-5-18(22)6-4-14)12-23-19(15)10-20(16)24-13-21/h2-6,8-10,22H,1,7,11-13H2. The molecule has 0 atom stereocenters. The van der Waals surface area contributed by atoms with E-state index in [1.165, 1.54) is 0 Å². The van der Waals surface area contributed by atoms with Gasteiger partial charge >= 0.3 is 0 Å². The van der Waals surface area contributed by atoms with Crippen LogP contribution in [0, 0.1) is 0 Å². The molecule has 0 saturated heterocycles. The third-order valence-electron chi connectivity index (χ3n) is 4.33. The molecule has 2 heterocycles. The van der Waals surface area contributed by atoms with E-state index in [2.05, 4.69) is 23.6 Å². The first-order valence-corrected chi connectivity index (χ1v) is 7.98. The fraction of sp³-hybridized carbons (Fsp3) is 0.200. The van der Waals surface area contributed by atoms with Gasteiger partial charge in [-0.15, -0.1) is 6.58 Å². The van der Waals surface area contributed by atoms with Crippen LogP contribution >= 0.6 is 0 Å². The molecule has 2 aliphatic rings. The second kappa shape index (κ2) is 6.06. The Bertz CT molecular complexity index is 808. The van der Waals surface area contributed by atoms with Gasteiger partial charge in [0, 0.05) is 30.3 Å². The summed E-state index contributed by atoms with van der Waals surface area (Å²) < 4.78 is 11.7. The largest absolute Gasteiger partial charge is 0.508 e. The predicted molar refractivity (Wildman–Crippen MR) is 94.0 cm³/mol. The lowest BCUT2D eigenvalue weighted by Gasteiger charge is -2.29. The molecule has 4 heteroatoms. The Kier molecular flexibility index (Phi) is 3.75. The Morgan fingerprint density at radius 2 is 1.96 bits per heavy atom. The lowest BCUT2D eigenvalue weighted by atomic mass is 9.98. The highest BCUT2D eigenvalue weighted by molar-refractivity contribution is 5.86. The fourth-order valence-corrected chi connectivity index (χ4v) is 3.10. The molecule has 0 spiro atoms. The Morgan fingerprint density at radius 3 is 2.75 bits per heavy atom. The highest BCUT2D eigenvalue weighted by Gasteiger charge is 2.21. The Balaban J connectivity index is 1.67. The van der Waals surface area contributed by atoms with E-state index in [1.54, 1.807) is 12.1 Å². The number of nitrogens with zero attached hydrogens (tertiary/aromatic N) is 1. The van der Waals surface area contributed by atoms with Crippen molar-refractivity contribution in [3.63, 3.8) is 0 Å². The van der Waals surface area contributed by atoms with Crippen molar-refractivity contribution in [2.45, 2.75) is 6.54 Å². The summed E-state index contributed by atoms with van der Waals surface area (Å²) in [6, 6.07) is 11.3. The van der Waals surface area contributed by atoms with Gasteiger partial charge in [0.15, 0.2) is 0 Å². The van der Waals surface area contributed by atoms with Crippen LogP contribution in [0.15, 0.2) is 49.1 Å². The number of phenols is 1. The second-order valence-electron chi connectivity index (χ2n) is 6.08. The van der Waals surface area contributed by atoms with Crippen LogP contribution in [0.2, 0.25) is 0 Å². The van der Waals surface area contributed by atoms with Crippen molar-refractivity contribution >= 4 is 11.6 Å². The summed E-state index contributed by atoms with van der Waals surface area (Å²) in [5, 5.41) is 9.44. The van der Waals surface area contributed by atoms with Gasteiger partial charge in [0.25, 0.3) is 0 Å². The summed E-state index contributed by atoms with van der Waals surface area (Å²) in [6.07, 6.45) is 4.04. The summed E-state index contributed by atoms with van der Waals surface area (Å²) in [7, 11) is 0. The van der Waals surface area contributed by atoms with Gasteiger partial charge in [0.1, 0.15) is 30.6 Å². The molecule has 0 aliphatic carbocycles. The van der Waals surface area contributed by atoms with Crippen molar-refractivity contribution in [3.8, 4) is 17.2 Å². The highest BCUT2D eigenvalue weighted by atomic mass is 16.5. The molecule has 0 amide bonds.